The molecule has 0 radical (unpaired) electrons. The SMILES string of the molecule is c1ccc2c(c1)-c1ccccc1-c1cc(-n3c4ccccc4n4c5ccccc5nc34)ccc1-c1ccc(-c3ncnc(-c4ccc5c(c4)-c4ccccc4-c4ccccc4-c4ncccc4-5)n3)cc1-2. The van der Waals surface area contributed by atoms with Gasteiger partial charge < -0.3 is 0 Å². The lowest BCUT2D eigenvalue weighted by Gasteiger charge is -2.24. The lowest BCUT2D eigenvalue weighted by Crippen LogP contribution is -2.01. The molecule has 4 heterocycles. The van der Waals surface area contributed by atoms with Gasteiger partial charge in [-0.2, -0.15) is 0 Å². The molecule has 0 aliphatic heterocycles. The van der Waals surface area contributed by atoms with Crippen molar-refractivity contribution in [3.63, 3.8) is 0 Å². The van der Waals surface area contributed by atoms with E-state index in [4.69, 9.17) is 24.9 Å². The Morgan fingerprint density at radius 1 is 0.300 bits per heavy atom. The summed E-state index contributed by atoms with van der Waals surface area (Å²) in [7, 11) is 0. The maximum absolute atomic E-state index is 5.23. The summed E-state index contributed by atoms with van der Waals surface area (Å²) in [5.41, 5.74) is 25.2. The molecular formula is C63H37N7. The smallest absolute Gasteiger partial charge is 0.220 e. The van der Waals surface area contributed by atoms with Crippen molar-refractivity contribution in [1.82, 2.24) is 33.9 Å². The Kier molecular flexibility index (Phi) is 8.23. The van der Waals surface area contributed by atoms with E-state index in [1.807, 2.05) is 12.3 Å². The van der Waals surface area contributed by atoms with Crippen molar-refractivity contribution in [3.8, 4) is 118 Å². The Morgan fingerprint density at radius 3 is 1.36 bits per heavy atom. The van der Waals surface area contributed by atoms with Gasteiger partial charge in [-0.15, -0.1) is 0 Å². The third kappa shape index (κ3) is 5.66. The second-order valence-corrected chi connectivity index (χ2v) is 18.0. The van der Waals surface area contributed by atoms with Crippen LogP contribution in [0.4, 0.5) is 0 Å². The maximum Gasteiger partial charge on any atom is 0.220 e. The Labute approximate surface area is 402 Å². The summed E-state index contributed by atoms with van der Waals surface area (Å²) in [5.74, 6) is 2.10. The van der Waals surface area contributed by atoms with Gasteiger partial charge in [0.25, 0.3) is 0 Å². The monoisotopic (exact) mass is 891 g/mol. The molecule has 13 aromatic rings. The van der Waals surface area contributed by atoms with Crippen LogP contribution in [0.1, 0.15) is 0 Å². The van der Waals surface area contributed by atoms with Crippen molar-refractivity contribution in [2.75, 3.05) is 0 Å². The third-order valence-electron chi connectivity index (χ3n) is 14.3. The van der Waals surface area contributed by atoms with Crippen LogP contribution in [0.15, 0.2) is 225 Å². The highest BCUT2D eigenvalue weighted by Gasteiger charge is 2.26. The van der Waals surface area contributed by atoms with Crippen LogP contribution in [-0.4, -0.2) is 33.9 Å². The minimum absolute atomic E-state index is 0.606. The molecule has 324 valence electrons. The summed E-state index contributed by atoms with van der Waals surface area (Å²) in [6, 6.07) is 76.0. The first-order valence-corrected chi connectivity index (χ1v) is 23.6. The zero-order valence-electron chi connectivity index (χ0n) is 37.5. The van der Waals surface area contributed by atoms with E-state index in [0.717, 1.165) is 123 Å². The zero-order valence-corrected chi connectivity index (χ0v) is 37.5. The number of pyridine rings is 1. The molecule has 15 rings (SSSR count). The van der Waals surface area contributed by atoms with E-state index in [2.05, 4.69) is 215 Å². The van der Waals surface area contributed by atoms with Crippen molar-refractivity contribution < 1.29 is 0 Å². The number of rotatable bonds is 3. The molecule has 2 aliphatic carbocycles. The fourth-order valence-corrected chi connectivity index (χ4v) is 11.2. The largest absolute Gasteiger partial charge is 0.278 e. The number of imidazole rings is 2. The van der Waals surface area contributed by atoms with Crippen molar-refractivity contribution in [3.05, 3.63) is 225 Å². The molecular weight excluding hydrogens is 855 g/mol. The van der Waals surface area contributed by atoms with E-state index in [1.165, 1.54) is 11.1 Å². The molecule has 7 heteroatoms. The number of para-hydroxylation sites is 4. The first-order chi connectivity index (χ1) is 34.7. The predicted octanol–water partition coefficient (Wildman–Crippen LogP) is 15.3. The van der Waals surface area contributed by atoms with E-state index >= 15 is 0 Å². The fraction of sp³-hybridized carbons (Fsp3) is 0. The van der Waals surface area contributed by atoms with E-state index in [0.29, 0.717) is 11.6 Å². The van der Waals surface area contributed by atoms with Gasteiger partial charge in [0, 0.05) is 34.1 Å². The molecule has 0 saturated heterocycles. The van der Waals surface area contributed by atoms with Gasteiger partial charge in [0.2, 0.25) is 5.78 Å². The molecule has 0 unspecified atom stereocenters. The van der Waals surface area contributed by atoms with Crippen molar-refractivity contribution in [1.29, 1.82) is 0 Å². The Balaban J connectivity index is 0.891. The topological polar surface area (TPSA) is 73.8 Å². The molecule has 9 aromatic carbocycles. The molecule has 0 fully saturated rings. The fourth-order valence-electron chi connectivity index (χ4n) is 11.2. The summed E-state index contributed by atoms with van der Waals surface area (Å²) in [5, 5.41) is 0. The molecule has 0 saturated carbocycles. The van der Waals surface area contributed by atoms with Gasteiger partial charge in [0.05, 0.1) is 27.8 Å². The van der Waals surface area contributed by atoms with Gasteiger partial charge in [-0.05, 0) is 127 Å². The first-order valence-electron chi connectivity index (χ1n) is 23.6. The molecule has 0 bridgehead atoms. The molecule has 2 aliphatic rings. The normalized spacial score (nSPS) is 12.0. The standard InChI is InChI=1S/C63H37N7/c1-4-18-45-41(14-1)42-15-2-6-20-47(42)55-36-40(69-58-25-11-12-26-59(58)70-57-24-10-9-23-56(57)67-63(69)70)29-32-49(55)48-30-27-38(34-53(45)48)61-65-37-66-62(68-61)39-28-31-50-52-22-13-33-64-60(52)51-21-8-7-17-44(51)43-16-3-5-19-46(43)54(50)35-39/h1-37H. The second-order valence-electron chi connectivity index (χ2n) is 18.0. The van der Waals surface area contributed by atoms with Gasteiger partial charge in [0.15, 0.2) is 11.6 Å². The summed E-state index contributed by atoms with van der Waals surface area (Å²) in [6.07, 6.45) is 3.52. The van der Waals surface area contributed by atoms with E-state index in [9.17, 15) is 0 Å². The van der Waals surface area contributed by atoms with Crippen LogP contribution in [0, 0.1) is 0 Å². The molecule has 7 nitrogen and oxygen atoms in total. The van der Waals surface area contributed by atoms with Crippen LogP contribution < -0.4 is 0 Å². The van der Waals surface area contributed by atoms with Gasteiger partial charge >= 0.3 is 0 Å². The predicted molar refractivity (Wildman–Crippen MR) is 282 cm³/mol. The molecule has 0 N–H and O–H groups in total. The molecule has 4 aromatic heterocycles. The average molecular weight is 892 g/mol. The summed E-state index contributed by atoms with van der Waals surface area (Å²) < 4.78 is 4.57. The zero-order chi connectivity index (χ0) is 45.9. The quantitative estimate of drug-likeness (QED) is 0.177. The Morgan fingerprint density at radius 2 is 0.743 bits per heavy atom. The summed E-state index contributed by atoms with van der Waals surface area (Å²) in [4.78, 5) is 25.0. The van der Waals surface area contributed by atoms with Crippen molar-refractivity contribution in [2.45, 2.75) is 0 Å². The van der Waals surface area contributed by atoms with Crippen LogP contribution in [0.25, 0.3) is 145 Å². The Bertz CT molecular complexity index is 4320. The van der Waals surface area contributed by atoms with E-state index in [-0.39, 0.29) is 0 Å². The number of nitrogens with zero attached hydrogens (tertiary/aromatic N) is 7. The molecule has 70 heavy (non-hydrogen) atoms. The highest BCUT2D eigenvalue weighted by atomic mass is 15.2. The van der Waals surface area contributed by atoms with E-state index < -0.39 is 0 Å². The van der Waals surface area contributed by atoms with Crippen LogP contribution >= 0.6 is 0 Å². The average Bonchev–Trinajstić information content (AvgIpc) is 3.97. The second kappa shape index (κ2) is 15.0. The van der Waals surface area contributed by atoms with Gasteiger partial charge in [-0.25, -0.2) is 19.9 Å². The minimum atomic E-state index is 0.606. The number of aromatic nitrogens is 7. The van der Waals surface area contributed by atoms with Gasteiger partial charge in [-0.3, -0.25) is 14.0 Å². The first kappa shape index (κ1) is 38.5. The van der Waals surface area contributed by atoms with Gasteiger partial charge in [0.1, 0.15) is 6.33 Å². The third-order valence-corrected chi connectivity index (χ3v) is 14.3. The van der Waals surface area contributed by atoms with Crippen LogP contribution in [0.2, 0.25) is 0 Å². The highest BCUT2D eigenvalue weighted by molar-refractivity contribution is 6.06. The number of hydrogen-bond acceptors (Lipinski definition) is 5. The lowest BCUT2D eigenvalue weighted by atomic mass is 9.80. The number of fused-ring (bicyclic) bond motifs is 21. The minimum Gasteiger partial charge on any atom is -0.278 e. The molecule has 0 spiro atoms. The number of benzene rings is 9. The van der Waals surface area contributed by atoms with Crippen molar-refractivity contribution >= 4 is 27.8 Å². The van der Waals surface area contributed by atoms with Gasteiger partial charge in [-0.1, -0.05) is 158 Å². The summed E-state index contributed by atoms with van der Waals surface area (Å²) in [6.45, 7) is 0. The number of hydrogen-bond donors (Lipinski definition) is 0. The van der Waals surface area contributed by atoms with Crippen molar-refractivity contribution in [2.24, 2.45) is 0 Å². The Hall–Kier alpha value is -9.59. The highest BCUT2D eigenvalue weighted by Crippen LogP contribution is 2.50. The molecule has 0 amide bonds. The lowest BCUT2D eigenvalue weighted by molar-refractivity contribution is 1.07. The van der Waals surface area contributed by atoms with Crippen LogP contribution in [0.3, 0.4) is 0 Å². The summed E-state index contributed by atoms with van der Waals surface area (Å²) >= 11 is 0. The van der Waals surface area contributed by atoms with E-state index in [1.54, 1.807) is 6.33 Å². The maximum atomic E-state index is 5.23. The van der Waals surface area contributed by atoms with Crippen LogP contribution in [0.5, 0.6) is 0 Å². The van der Waals surface area contributed by atoms with Crippen LogP contribution in [-0.2, 0) is 0 Å². The molecule has 0 atom stereocenters.